The second-order valence-corrected chi connectivity index (χ2v) is 6.43. The van der Waals surface area contributed by atoms with E-state index in [-0.39, 0.29) is 5.91 Å². The number of carbonyl (C=O) groups is 1. The van der Waals surface area contributed by atoms with Gasteiger partial charge in [-0.2, -0.15) is 0 Å². The summed E-state index contributed by atoms with van der Waals surface area (Å²) in [6.45, 7) is 4.19. The van der Waals surface area contributed by atoms with E-state index >= 15 is 0 Å². The normalized spacial score (nSPS) is 19.9. The molecule has 1 spiro atoms. The molecule has 1 aromatic rings. The number of hydrogen-bond acceptors (Lipinski definition) is 7. The van der Waals surface area contributed by atoms with Crippen molar-refractivity contribution >= 4 is 11.9 Å². The minimum atomic E-state index is -0.465. The van der Waals surface area contributed by atoms with Crippen molar-refractivity contribution in [1.82, 2.24) is 19.8 Å². The maximum Gasteiger partial charge on any atom is 0.256 e. The number of aromatic nitrogens is 2. The van der Waals surface area contributed by atoms with Crippen LogP contribution in [0.2, 0.25) is 0 Å². The Morgan fingerprint density at radius 3 is 2.46 bits per heavy atom. The molecule has 24 heavy (non-hydrogen) atoms. The van der Waals surface area contributed by atoms with Crippen molar-refractivity contribution in [3.63, 3.8) is 0 Å². The van der Waals surface area contributed by atoms with Crippen molar-refractivity contribution < 1.29 is 14.3 Å². The predicted octanol–water partition coefficient (Wildman–Crippen LogP) is 0.429. The molecule has 2 aliphatic heterocycles. The van der Waals surface area contributed by atoms with Crippen LogP contribution in [0.5, 0.6) is 0 Å². The molecule has 1 N–H and O–H groups in total. The molecule has 3 heterocycles. The number of amides is 1. The molecule has 0 bridgehead atoms. The van der Waals surface area contributed by atoms with E-state index in [1.807, 2.05) is 19.0 Å². The fraction of sp³-hybridized carbons (Fsp3) is 0.688. The van der Waals surface area contributed by atoms with Crippen molar-refractivity contribution in [1.29, 1.82) is 0 Å². The Bertz CT molecular complexity index is 547. The number of piperidine rings is 1. The Balaban J connectivity index is 1.52. The van der Waals surface area contributed by atoms with Gasteiger partial charge in [0.05, 0.1) is 18.8 Å². The summed E-state index contributed by atoms with van der Waals surface area (Å²) in [6, 6.07) is 0. The van der Waals surface area contributed by atoms with Crippen LogP contribution in [0.4, 0.5) is 5.95 Å². The number of nitrogens with one attached hydrogen (secondary N) is 1. The summed E-state index contributed by atoms with van der Waals surface area (Å²) >= 11 is 0. The molecule has 8 heteroatoms. The van der Waals surface area contributed by atoms with Crippen LogP contribution in [0.3, 0.4) is 0 Å². The van der Waals surface area contributed by atoms with E-state index in [0.29, 0.717) is 50.7 Å². The van der Waals surface area contributed by atoms with Gasteiger partial charge in [0.2, 0.25) is 5.95 Å². The standard InChI is InChI=1S/C16H25N5O3/c1-20(2)8-5-17-15-18-11-13(12-19-15)14(22)21-6-3-16(4-7-21)23-9-10-24-16/h11-12H,3-10H2,1-2H3,(H,17,18,19). The number of nitrogens with zero attached hydrogens (tertiary/aromatic N) is 4. The highest BCUT2D eigenvalue weighted by Crippen LogP contribution is 2.31. The van der Waals surface area contributed by atoms with Crippen LogP contribution in [-0.2, 0) is 9.47 Å². The third kappa shape index (κ3) is 4.00. The number of ether oxygens (including phenoxy) is 2. The summed E-state index contributed by atoms with van der Waals surface area (Å²) in [5.74, 6) is 0.0365. The molecular weight excluding hydrogens is 310 g/mol. The average Bonchev–Trinajstić information content (AvgIpc) is 3.03. The molecule has 1 aromatic heterocycles. The zero-order chi connectivity index (χ0) is 17.0. The highest BCUT2D eigenvalue weighted by atomic mass is 16.7. The zero-order valence-corrected chi connectivity index (χ0v) is 14.3. The first-order valence-corrected chi connectivity index (χ1v) is 8.36. The van der Waals surface area contributed by atoms with Crippen molar-refractivity contribution in [2.45, 2.75) is 18.6 Å². The smallest absolute Gasteiger partial charge is 0.256 e. The van der Waals surface area contributed by atoms with E-state index in [0.717, 1.165) is 13.1 Å². The Labute approximate surface area is 142 Å². The van der Waals surface area contributed by atoms with Gasteiger partial charge >= 0.3 is 0 Å². The maximum atomic E-state index is 12.6. The van der Waals surface area contributed by atoms with Crippen molar-refractivity contribution in [3.05, 3.63) is 18.0 Å². The summed E-state index contributed by atoms with van der Waals surface area (Å²) in [6.07, 6.45) is 4.59. The minimum absolute atomic E-state index is 0.0392. The molecule has 0 unspecified atom stereocenters. The van der Waals surface area contributed by atoms with Crippen molar-refractivity contribution in [2.75, 3.05) is 58.8 Å². The largest absolute Gasteiger partial charge is 0.353 e. The van der Waals surface area contributed by atoms with Crippen LogP contribution in [0.25, 0.3) is 0 Å². The zero-order valence-electron chi connectivity index (χ0n) is 14.3. The minimum Gasteiger partial charge on any atom is -0.353 e. The third-order valence-corrected chi connectivity index (χ3v) is 4.37. The number of hydrogen-bond donors (Lipinski definition) is 1. The van der Waals surface area contributed by atoms with Crippen LogP contribution in [0.15, 0.2) is 12.4 Å². The monoisotopic (exact) mass is 335 g/mol. The average molecular weight is 335 g/mol. The van der Waals surface area contributed by atoms with E-state index in [9.17, 15) is 4.79 Å². The molecule has 3 rings (SSSR count). The van der Waals surface area contributed by atoms with E-state index in [1.54, 1.807) is 12.4 Å². The molecule has 8 nitrogen and oxygen atoms in total. The van der Waals surface area contributed by atoms with Gasteiger partial charge in [-0.1, -0.05) is 0 Å². The Morgan fingerprint density at radius 2 is 1.88 bits per heavy atom. The predicted molar refractivity (Wildman–Crippen MR) is 88.8 cm³/mol. The lowest BCUT2D eigenvalue weighted by molar-refractivity contribution is -0.181. The number of anilines is 1. The summed E-state index contributed by atoms with van der Waals surface area (Å²) < 4.78 is 11.4. The highest BCUT2D eigenvalue weighted by Gasteiger charge is 2.40. The Kier molecular flexibility index (Phi) is 5.27. The summed E-state index contributed by atoms with van der Waals surface area (Å²) in [4.78, 5) is 24.9. The SMILES string of the molecule is CN(C)CCNc1ncc(C(=O)N2CCC3(CC2)OCCO3)cn1. The van der Waals surface area contributed by atoms with Gasteiger partial charge in [0, 0.05) is 51.4 Å². The maximum absolute atomic E-state index is 12.6. The summed E-state index contributed by atoms with van der Waals surface area (Å²) in [5.41, 5.74) is 0.511. The van der Waals surface area contributed by atoms with Gasteiger partial charge < -0.3 is 24.6 Å². The second kappa shape index (κ2) is 7.42. The topological polar surface area (TPSA) is 79.8 Å². The molecule has 132 valence electrons. The van der Waals surface area contributed by atoms with Crippen molar-refractivity contribution in [2.24, 2.45) is 0 Å². The van der Waals surface area contributed by atoms with Crippen LogP contribution < -0.4 is 5.32 Å². The number of rotatable bonds is 5. The number of likely N-dealkylation sites (tertiary alicyclic amines) is 1. The lowest BCUT2D eigenvalue weighted by Crippen LogP contribution is -2.47. The summed E-state index contributed by atoms with van der Waals surface area (Å²) in [5, 5.41) is 3.13. The molecule has 1 amide bonds. The van der Waals surface area contributed by atoms with Gasteiger partial charge in [-0.25, -0.2) is 9.97 Å². The van der Waals surface area contributed by atoms with Crippen molar-refractivity contribution in [3.8, 4) is 0 Å². The molecule has 2 fully saturated rings. The van der Waals surface area contributed by atoms with Gasteiger partial charge in [0.1, 0.15) is 0 Å². The van der Waals surface area contributed by atoms with E-state index in [2.05, 4.69) is 20.2 Å². The molecule has 0 aromatic carbocycles. The Morgan fingerprint density at radius 1 is 1.25 bits per heavy atom. The molecule has 2 saturated heterocycles. The van der Waals surface area contributed by atoms with Gasteiger partial charge in [-0.3, -0.25) is 4.79 Å². The third-order valence-electron chi connectivity index (χ3n) is 4.37. The van der Waals surface area contributed by atoms with Gasteiger partial charge in [-0.05, 0) is 14.1 Å². The Hall–Kier alpha value is -1.77. The molecule has 0 radical (unpaired) electrons. The first-order chi connectivity index (χ1) is 11.6. The van der Waals surface area contributed by atoms with Crippen LogP contribution >= 0.6 is 0 Å². The number of likely N-dealkylation sites (N-methyl/N-ethyl adjacent to an activating group) is 1. The van der Waals surface area contributed by atoms with E-state index in [4.69, 9.17) is 9.47 Å². The van der Waals surface area contributed by atoms with Gasteiger partial charge in [0.15, 0.2) is 5.79 Å². The second-order valence-electron chi connectivity index (χ2n) is 6.43. The van der Waals surface area contributed by atoms with E-state index in [1.165, 1.54) is 0 Å². The van der Waals surface area contributed by atoms with E-state index < -0.39 is 5.79 Å². The van der Waals surface area contributed by atoms with Gasteiger partial charge in [-0.15, -0.1) is 0 Å². The van der Waals surface area contributed by atoms with Crippen LogP contribution in [0.1, 0.15) is 23.2 Å². The molecule has 2 aliphatic rings. The quantitative estimate of drug-likeness (QED) is 0.836. The molecule has 0 aliphatic carbocycles. The first kappa shape index (κ1) is 17.1. The highest BCUT2D eigenvalue weighted by molar-refractivity contribution is 5.93. The van der Waals surface area contributed by atoms with Gasteiger partial charge in [0.25, 0.3) is 5.91 Å². The lowest BCUT2D eigenvalue weighted by atomic mass is 10.0. The molecule has 0 atom stereocenters. The number of carbonyl (C=O) groups excluding carboxylic acids is 1. The fourth-order valence-corrected chi connectivity index (χ4v) is 2.94. The summed E-state index contributed by atoms with van der Waals surface area (Å²) in [7, 11) is 4.02. The van der Waals surface area contributed by atoms with Crippen LogP contribution in [-0.4, -0.2) is 85.0 Å². The first-order valence-electron chi connectivity index (χ1n) is 8.36. The lowest BCUT2D eigenvalue weighted by Gasteiger charge is -2.37. The van der Waals surface area contributed by atoms with Crippen LogP contribution in [0, 0.1) is 0 Å². The molecule has 0 saturated carbocycles. The fourth-order valence-electron chi connectivity index (χ4n) is 2.94. The molecular formula is C16H25N5O3.